The summed E-state index contributed by atoms with van der Waals surface area (Å²) in [4.78, 5) is 12.3. The molecular formula is C16H17ClN2O3S. The average Bonchev–Trinajstić information content (AvgIpc) is 2.55. The number of sulfonamides is 1. The molecule has 23 heavy (non-hydrogen) atoms. The lowest BCUT2D eigenvalue weighted by molar-refractivity contribution is 0.0940. The zero-order valence-electron chi connectivity index (χ0n) is 12.7. The Labute approximate surface area is 140 Å². The van der Waals surface area contributed by atoms with E-state index in [0.717, 1.165) is 5.56 Å². The Morgan fingerprint density at radius 2 is 1.61 bits per heavy atom. The van der Waals surface area contributed by atoms with E-state index < -0.39 is 10.0 Å². The van der Waals surface area contributed by atoms with Crippen molar-refractivity contribution in [3.05, 3.63) is 64.7 Å². The second kappa shape index (κ2) is 7.12. The van der Waals surface area contributed by atoms with Crippen molar-refractivity contribution in [2.24, 2.45) is 0 Å². The maximum absolute atomic E-state index is 12.2. The number of nitrogens with one attached hydrogen (secondary N) is 2. The maximum atomic E-state index is 12.2. The molecule has 1 amide bonds. The Hall–Kier alpha value is -1.89. The number of halogens is 1. The third kappa shape index (κ3) is 4.31. The highest BCUT2D eigenvalue weighted by atomic mass is 35.5. The molecule has 2 rings (SSSR count). The molecule has 7 heteroatoms. The number of benzene rings is 2. The Morgan fingerprint density at radius 3 is 2.13 bits per heavy atom. The summed E-state index contributed by atoms with van der Waals surface area (Å²) in [7, 11) is -2.17. The zero-order valence-corrected chi connectivity index (χ0v) is 14.3. The normalized spacial score (nSPS) is 12.7. The molecule has 1 atom stereocenters. The molecule has 2 aromatic carbocycles. The largest absolute Gasteiger partial charge is 0.346 e. The van der Waals surface area contributed by atoms with Crippen molar-refractivity contribution >= 4 is 27.5 Å². The van der Waals surface area contributed by atoms with Crippen LogP contribution in [0.4, 0.5) is 0 Å². The quantitative estimate of drug-likeness (QED) is 0.868. The monoisotopic (exact) mass is 352 g/mol. The van der Waals surface area contributed by atoms with E-state index in [9.17, 15) is 13.2 Å². The molecule has 122 valence electrons. The maximum Gasteiger partial charge on any atom is 0.251 e. The van der Waals surface area contributed by atoms with Gasteiger partial charge >= 0.3 is 0 Å². The van der Waals surface area contributed by atoms with Crippen molar-refractivity contribution in [2.75, 3.05) is 7.05 Å². The predicted molar refractivity (Wildman–Crippen MR) is 90.0 cm³/mol. The van der Waals surface area contributed by atoms with Crippen molar-refractivity contribution in [2.45, 2.75) is 17.9 Å². The van der Waals surface area contributed by atoms with Gasteiger partial charge in [0.25, 0.3) is 5.91 Å². The van der Waals surface area contributed by atoms with E-state index in [1.54, 1.807) is 12.1 Å². The first kappa shape index (κ1) is 17.5. The first-order valence-electron chi connectivity index (χ1n) is 6.93. The second-order valence-corrected chi connectivity index (χ2v) is 7.30. The van der Waals surface area contributed by atoms with Crippen LogP contribution in [0, 0.1) is 0 Å². The van der Waals surface area contributed by atoms with Crippen LogP contribution in [0.5, 0.6) is 0 Å². The van der Waals surface area contributed by atoms with Gasteiger partial charge in [0.1, 0.15) is 0 Å². The smallest absolute Gasteiger partial charge is 0.251 e. The lowest BCUT2D eigenvalue weighted by Gasteiger charge is -2.14. The molecule has 1 unspecified atom stereocenters. The average molecular weight is 353 g/mol. The van der Waals surface area contributed by atoms with Gasteiger partial charge < -0.3 is 5.32 Å². The molecule has 0 aliphatic carbocycles. The summed E-state index contributed by atoms with van der Waals surface area (Å²) in [6.07, 6.45) is 0. The highest BCUT2D eigenvalue weighted by Gasteiger charge is 2.14. The van der Waals surface area contributed by atoms with Gasteiger partial charge in [-0.15, -0.1) is 0 Å². The van der Waals surface area contributed by atoms with Crippen molar-refractivity contribution in [3.8, 4) is 0 Å². The van der Waals surface area contributed by atoms with Crippen LogP contribution in [0.15, 0.2) is 53.4 Å². The Balaban J connectivity index is 2.10. The van der Waals surface area contributed by atoms with Gasteiger partial charge in [-0.2, -0.15) is 0 Å². The van der Waals surface area contributed by atoms with Gasteiger partial charge in [-0.1, -0.05) is 23.7 Å². The highest BCUT2D eigenvalue weighted by molar-refractivity contribution is 7.89. The molecular weight excluding hydrogens is 336 g/mol. The van der Waals surface area contributed by atoms with Crippen LogP contribution >= 0.6 is 11.6 Å². The fourth-order valence-electron chi connectivity index (χ4n) is 2.02. The summed E-state index contributed by atoms with van der Waals surface area (Å²) in [5.74, 6) is -0.277. The molecule has 0 radical (unpaired) electrons. The van der Waals surface area contributed by atoms with Gasteiger partial charge in [-0.25, -0.2) is 13.1 Å². The molecule has 0 bridgehead atoms. The molecule has 5 nitrogen and oxygen atoms in total. The van der Waals surface area contributed by atoms with Crippen LogP contribution in [0.3, 0.4) is 0 Å². The summed E-state index contributed by atoms with van der Waals surface area (Å²) in [6.45, 7) is 1.86. The molecule has 2 N–H and O–H groups in total. The van der Waals surface area contributed by atoms with Gasteiger partial charge in [0.05, 0.1) is 10.9 Å². The fourth-order valence-corrected chi connectivity index (χ4v) is 2.87. The van der Waals surface area contributed by atoms with Crippen LogP contribution in [0.1, 0.15) is 28.9 Å². The fraction of sp³-hybridized carbons (Fsp3) is 0.188. The topological polar surface area (TPSA) is 75.3 Å². The molecule has 0 aliphatic heterocycles. The van der Waals surface area contributed by atoms with E-state index >= 15 is 0 Å². The van der Waals surface area contributed by atoms with E-state index in [-0.39, 0.29) is 16.8 Å². The summed E-state index contributed by atoms with van der Waals surface area (Å²) >= 11 is 5.84. The van der Waals surface area contributed by atoms with Gasteiger partial charge in [-0.3, -0.25) is 4.79 Å². The molecule has 0 saturated heterocycles. The van der Waals surface area contributed by atoms with Crippen LogP contribution in [0.25, 0.3) is 0 Å². The van der Waals surface area contributed by atoms with Gasteiger partial charge in [0, 0.05) is 10.6 Å². The van der Waals surface area contributed by atoms with Crippen LogP contribution in [-0.2, 0) is 10.0 Å². The van der Waals surface area contributed by atoms with Crippen molar-refractivity contribution in [3.63, 3.8) is 0 Å². The molecule has 0 heterocycles. The Bertz CT molecular complexity index is 787. The van der Waals surface area contributed by atoms with Crippen molar-refractivity contribution in [1.29, 1.82) is 0 Å². The minimum absolute atomic E-state index is 0.113. The van der Waals surface area contributed by atoms with Crippen molar-refractivity contribution in [1.82, 2.24) is 10.0 Å². The van der Waals surface area contributed by atoms with Gasteiger partial charge in [0.2, 0.25) is 10.0 Å². The predicted octanol–water partition coefficient (Wildman–Crippen LogP) is 2.74. The molecule has 0 saturated carbocycles. The lowest BCUT2D eigenvalue weighted by Crippen LogP contribution is -2.26. The number of carbonyl (C=O) groups excluding carboxylic acids is 1. The Morgan fingerprint density at radius 1 is 1.04 bits per heavy atom. The minimum atomic E-state index is -3.50. The molecule has 0 aliphatic rings. The first-order valence-corrected chi connectivity index (χ1v) is 8.79. The van der Waals surface area contributed by atoms with E-state index in [2.05, 4.69) is 10.0 Å². The van der Waals surface area contributed by atoms with E-state index in [1.807, 2.05) is 19.1 Å². The third-order valence-corrected chi connectivity index (χ3v) is 5.10. The zero-order chi connectivity index (χ0) is 17.0. The number of hydrogen-bond acceptors (Lipinski definition) is 3. The second-order valence-electron chi connectivity index (χ2n) is 4.98. The molecule has 0 fully saturated rings. The molecule has 2 aromatic rings. The van der Waals surface area contributed by atoms with Gasteiger partial charge in [0.15, 0.2) is 0 Å². The summed E-state index contributed by atoms with van der Waals surface area (Å²) in [5, 5.41) is 3.49. The minimum Gasteiger partial charge on any atom is -0.346 e. The standard InChI is InChI=1S/C16H17ClN2O3S/c1-11(12-3-7-14(17)8-4-12)19-16(20)13-5-9-15(10-6-13)23(21,22)18-2/h3-11,18H,1-2H3,(H,19,20). The molecule has 0 aromatic heterocycles. The van der Waals surface area contributed by atoms with Gasteiger partial charge in [-0.05, 0) is 55.9 Å². The van der Waals surface area contributed by atoms with Crippen LogP contribution in [-0.4, -0.2) is 21.4 Å². The van der Waals surface area contributed by atoms with E-state index in [4.69, 9.17) is 11.6 Å². The van der Waals surface area contributed by atoms with E-state index in [1.165, 1.54) is 31.3 Å². The number of amides is 1. The summed E-state index contributed by atoms with van der Waals surface area (Å²) in [5.41, 5.74) is 1.32. The number of rotatable bonds is 5. The number of carbonyl (C=O) groups is 1. The summed E-state index contributed by atoms with van der Waals surface area (Å²) < 4.78 is 25.5. The van der Waals surface area contributed by atoms with Crippen molar-refractivity contribution < 1.29 is 13.2 Å². The Kier molecular flexibility index (Phi) is 5.41. The third-order valence-electron chi connectivity index (χ3n) is 3.41. The van der Waals surface area contributed by atoms with E-state index in [0.29, 0.717) is 10.6 Å². The lowest BCUT2D eigenvalue weighted by atomic mass is 10.1. The first-order chi connectivity index (χ1) is 10.8. The van der Waals surface area contributed by atoms with Crippen LogP contribution in [0.2, 0.25) is 5.02 Å². The summed E-state index contributed by atoms with van der Waals surface area (Å²) in [6, 6.07) is 12.8. The van der Waals surface area contributed by atoms with Crippen LogP contribution < -0.4 is 10.0 Å². The highest BCUT2D eigenvalue weighted by Crippen LogP contribution is 2.17. The number of hydrogen-bond donors (Lipinski definition) is 2. The SMILES string of the molecule is CNS(=O)(=O)c1ccc(C(=O)NC(C)c2ccc(Cl)cc2)cc1. The molecule has 0 spiro atoms.